The van der Waals surface area contributed by atoms with Crippen LogP contribution in [-0.4, -0.2) is 35.3 Å². The molecular weight excluding hydrogens is 244 g/mol. The lowest BCUT2D eigenvalue weighted by Gasteiger charge is -2.10. The molecule has 7 heteroatoms. The van der Waals surface area contributed by atoms with Crippen LogP contribution in [0.25, 0.3) is 0 Å². The predicted octanol–water partition coefficient (Wildman–Crippen LogP) is -0.160. The minimum atomic E-state index is -0.778. The molecule has 0 bridgehead atoms. The topological polar surface area (TPSA) is 91.4 Å². The summed E-state index contributed by atoms with van der Waals surface area (Å²) < 4.78 is 4.71. The van der Waals surface area contributed by atoms with E-state index < -0.39 is 12.1 Å². The fourth-order valence-corrected chi connectivity index (χ4v) is 1.84. The van der Waals surface area contributed by atoms with Crippen molar-refractivity contribution in [2.75, 3.05) is 13.2 Å². The van der Waals surface area contributed by atoms with E-state index in [-0.39, 0.29) is 17.8 Å². The lowest BCUT2D eigenvalue weighted by Crippen LogP contribution is -2.29. The molecule has 0 fully saturated rings. The van der Waals surface area contributed by atoms with Gasteiger partial charge in [0.05, 0.1) is 19.1 Å². The van der Waals surface area contributed by atoms with Crippen LogP contribution in [-0.2, 0) is 16.1 Å². The molecular formula is C10H16N2O4S. The predicted molar refractivity (Wildman–Crippen MR) is 63.9 cm³/mol. The molecule has 1 atom stereocenters. The third kappa shape index (κ3) is 5.62. The molecule has 0 saturated heterocycles. The summed E-state index contributed by atoms with van der Waals surface area (Å²) in [6.45, 7) is 2.76. The summed E-state index contributed by atoms with van der Waals surface area (Å²) in [6.07, 6.45) is -0.805. The van der Waals surface area contributed by atoms with Gasteiger partial charge in [0.25, 0.3) is 0 Å². The summed E-state index contributed by atoms with van der Waals surface area (Å²) in [5.41, 5.74) is 0.767. The second-order valence-electron chi connectivity index (χ2n) is 3.47. The molecule has 0 saturated carbocycles. The van der Waals surface area contributed by atoms with Crippen LogP contribution in [0.15, 0.2) is 10.2 Å². The Labute approximate surface area is 103 Å². The first-order valence-corrected chi connectivity index (χ1v) is 6.21. The Hall–Kier alpha value is -1.18. The number of aromatic nitrogens is 1. The van der Waals surface area contributed by atoms with Crippen LogP contribution < -0.4 is 10.2 Å². The highest BCUT2D eigenvalue weighted by Crippen LogP contribution is 1.97. The van der Waals surface area contributed by atoms with Crippen LogP contribution in [0.5, 0.6) is 0 Å². The molecule has 1 heterocycles. The number of nitrogens with one attached hydrogen (secondary N) is 2. The molecule has 0 spiro atoms. The van der Waals surface area contributed by atoms with Crippen LogP contribution in [0.3, 0.4) is 0 Å². The van der Waals surface area contributed by atoms with Gasteiger partial charge in [0.1, 0.15) is 0 Å². The van der Waals surface area contributed by atoms with Gasteiger partial charge in [-0.3, -0.25) is 9.59 Å². The van der Waals surface area contributed by atoms with Gasteiger partial charge in [-0.15, -0.1) is 0 Å². The minimum absolute atomic E-state index is 0.0268. The molecule has 1 unspecified atom stereocenters. The van der Waals surface area contributed by atoms with Gasteiger partial charge >= 0.3 is 10.8 Å². The van der Waals surface area contributed by atoms with Gasteiger partial charge in [-0.1, -0.05) is 11.3 Å². The summed E-state index contributed by atoms with van der Waals surface area (Å²) >= 11 is 1.09. The zero-order valence-electron chi connectivity index (χ0n) is 9.56. The number of aliphatic hydroxyl groups is 1. The van der Waals surface area contributed by atoms with Gasteiger partial charge in [0, 0.05) is 24.2 Å². The number of aliphatic hydroxyl groups excluding tert-OH is 1. The fraction of sp³-hybridized carbons (Fsp3) is 0.600. The van der Waals surface area contributed by atoms with Gasteiger partial charge < -0.3 is 20.1 Å². The molecule has 6 nitrogen and oxygen atoms in total. The van der Waals surface area contributed by atoms with Crippen molar-refractivity contribution >= 4 is 17.3 Å². The first kappa shape index (κ1) is 13.9. The smallest absolute Gasteiger partial charge is 0.308 e. The summed E-state index contributed by atoms with van der Waals surface area (Å²) in [4.78, 5) is 24.4. The Balaban J connectivity index is 2.17. The average Bonchev–Trinajstić information content (AvgIpc) is 2.64. The first-order valence-electron chi connectivity index (χ1n) is 5.33. The number of thiazole rings is 1. The normalized spacial score (nSPS) is 12.4. The van der Waals surface area contributed by atoms with Crippen molar-refractivity contribution in [2.45, 2.75) is 26.0 Å². The lowest BCUT2D eigenvalue weighted by molar-refractivity contribution is -0.145. The largest absolute Gasteiger partial charge is 0.466 e. The lowest BCUT2D eigenvalue weighted by atomic mass is 10.2. The van der Waals surface area contributed by atoms with E-state index in [1.807, 2.05) is 0 Å². The van der Waals surface area contributed by atoms with Crippen molar-refractivity contribution in [3.8, 4) is 0 Å². The molecule has 0 radical (unpaired) electrons. The Morgan fingerprint density at radius 3 is 3.06 bits per heavy atom. The van der Waals surface area contributed by atoms with Gasteiger partial charge in [0.2, 0.25) is 0 Å². The molecule has 1 aromatic rings. The zero-order chi connectivity index (χ0) is 12.7. The molecule has 3 N–H and O–H groups in total. The molecule has 96 valence electrons. The number of rotatable bonds is 7. The highest BCUT2D eigenvalue weighted by atomic mass is 32.1. The third-order valence-corrected chi connectivity index (χ3v) is 2.69. The number of hydrogen-bond donors (Lipinski definition) is 3. The maximum Gasteiger partial charge on any atom is 0.308 e. The summed E-state index contributed by atoms with van der Waals surface area (Å²) in [6, 6.07) is 0. The van der Waals surface area contributed by atoms with Crippen LogP contribution in [0.4, 0.5) is 0 Å². The van der Waals surface area contributed by atoms with Crippen molar-refractivity contribution in [3.05, 3.63) is 20.7 Å². The molecule has 0 aliphatic rings. The van der Waals surface area contributed by atoms with Crippen LogP contribution >= 0.6 is 11.3 Å². The Morgan fingerprint density at radius 1 is 1.71 bits per heavy atom. The number of H-pyrrole nitrogens is 1. The van der Waals surface area contributed by atoms with Crippen LogP contribution in [0, 0.1) is 0 Å². The van der Waals surface area contributed by atoms with Crippen molar-refractivity contribution in [1.29, 1.82) is 0 Å². The number of carbonyl (C=O) groups excluding carboxylic acids is 1. The van der Waals surface area contributed by atoms with Crippen molar-refractivity contribution in [3.63, 3.8) is 0 Å². The minimum Gasteiger partial charge on any atom is -0.466 e. The van der Waals surface area contributed by atoms with E-state index in [0.717, 1.165) is 17.0 Å². The van der Waals surface area contributed by atoms with E-state index in [1.165, 1.54) is 0 Å². The van der Waals surface area contributed by atoms with E-state index in [0.29, 0.717) is 13.2 Å². The third-order valence-electron chi connectivity index (χ3n) is 1.97. The highest BCUT2D eigenvalue weighted by molar-refractivity contribution is 7.07. The highest BCUT2D eigenvalue weighted by Gasteiger charge is 2.11. The fourth-order valence-electron chi connectivity index (χ4n) is 1.26. The summed E-state index contributed by atoms with van der Waals surface area (Å²) in [5, 5.41) is 14.2. The van der Waals surface area contributed by atoms with Gasteiger partial charge in [0.15, 0.2) is 0 Å². The number of aromatic amines is 1. The van der Waals surface area contributed by atoms with E-state index >= 15 is 0 Å². The van der Waals surface area contributed by atoms with Crippen molar-refractivity contribution < 1.29 is 14.6 Å². The number of esters is 1. The van der Waals surface area contributed by atoms with Crippen molar-refractivity contribution in [1.82, 2.24) is 10.3 Å². The maximum absolute atomic E-state index is 11.0. The summed E-state index contributed by atoms with van der Waals surface area (Å²) in [7, 11) is 0. The van der Waals surface area contributed by atoms with Crippen LogP contribution in [0.1, 0.15) is 19.0 Å². The number of ether oxygens (including phenoxy) is 1. The van der Waals surface area contributed by atoms with Crippen molar-refractivity contribution in [2.24, 2.45) is 0 Å². The first-order chi connectivity index (χ1) is 8.11. The van der Waals surface area contributed by atoms with E-state index in [9.17, 15) is 14.7 Å². The standard InChI is InChI=1S/C10H16N2O4S/c1-2-16-9(14)3-8(13)5-11-4-7-6-17-10(15)12-7/h6,8,11,13H,2-5H2,1H3,(H,12,15). The molecule has 1 rings (SSSR count). The molecule has 0 aromatic carbocycles. The second kappa shape index (κ2) is 7.21. The summed E-state index contributed by atoms with van der Waals surface area (Å²) in [5.74, 6) is -0.411. The molecule has 17 heavy (non-hydrogen) atoms. The van der Waals surface area contributed by atoms with E-state index in [2.05, 4.69) is 10.3 Å². The molecule has 0 aliphatic heterocycles. The van der Waals surface area contributed by atoms with Gasteiger partial charge in [-0.2, -0.15) is 0 Å². The Kier molecular flexibility index (Phi) is 5.88. The Morgan fingerprint density at radius 2 is 2.47 bits per heavy atom. The second-order valence-corrected chi connectivity index (χ2v) is 4.31. The van der Waals surface area contributed by atoms with Gasteiger partial charge in [-0.05, 0) is 6.92 Å². The monoisotopic (exact) mass is 260 g/mol. The molecule has 0 aliphatic carbocycles. The average molecular weight is 260 g/mol. The van der Waals surface area contributed by atoms with E-state index in [1.54, 1.807) is 12.3 Å². The molecule has 1 aromatic heterocycles. The maximum atomic E-state index is 11.0. The SMILES string of the molecule is CCOC(=O)CC(O)CNCc1csc(=O)[nH]1. The quantitative estimate of drug-likeness (QED) is 0.593. The van der Waals surface area contributed by atoms with E-state index in [4.69, 9.17) is 4.74 Å². The number of hydrogen-bond acceptors (Lipinski definition) is 6. The Bertz CT molecular complexity index is 401. The van der Waals surface area contributed by atoms with Crippen LogP contribution in [0.2, 0.25) is 0 Å². The van der Waals surface area contributed by atoms with Gasteiger partial charge in [-0.25, -0.2) is 0 Å². The zero-order valence-corrected chi connectivity index (χ0v) is 10.4. The number of carbonyl (C=O) groups is 1. The molecule has 0 amide bonds.